The first-order valence-corrected chi connectivity index (χ1v) is 5.93. The van der Waals surface area contributed by atoms with E-state index in [2.05, 4.69) is 42.9 Å². The molecule has 1 rings (SSSR count). The van der Waals surface area contributed by atoms with Crippen molar-refractivity contribution >= 4 is 11.3 Å². The quantitative estimate of drug-likeness (QED) is 0.764. The van der Waals surface area contributed by atoms with Gasteiger partial charge >= 0.3 is 0 Å². The van der Waals surface area contributed by atoms with Crippen LogP contribution in [0.4, 0.5) is 0 Å². The van der Waals surface area contributed by atoms with Gasteiger partial charge in [0.05, 0.1) is 0 Å². The number of hydrogen-bond acceptors (Lipinski definition) is 2. The van der Waals surface area contributed by atoms with Crippen LogP contribution in [0.15, 0.2) is 16.8 Å². The minimum atomic E-state index is 0.639. The molecule has 2 heteroatoms. The Kier molecular flexibility index (Phi) is 4.46. The van der Waals surface area contributed by atoms with E-state index in [0.29, 0.717) is 12.0 Å². The number of thiophene rings is 1. The highest BCUT2D eigenvalue weighted by atomic mass is 32.1. The average molecular weight is 197 g/mol. The Hall–Kier alpha value is -0.340. The van der Waals surface area contributed by atoms with E-state index < -0.39 is 0 Å². The summed E-state index contributed by atoms with van der Waals surface area (Å²) in [5, 5.41) is 7.91. The SMILES string of the molecule is CCC(C)NCC(C)c1ccsc1. The molecule has 1 aromatic rings. The fourth-order valence-corrected chi connectivity index (χ4v) is 1.98. The minimum absolute atomic E-state index is 0.639. The van der Waals surface area contributed by atoms with Gasteiger partial charge in [-0.2, -0.15) is 11.3 Å². The normalized spacial score (nSPS) is 15.6. The molecule has 0 saturated carbocycles. The van der Waals surface area contributed by atoms with E-state index in [9.17, 15) is 0 Å². The highest BCUT2D eigenvalue weighted by molar-refractivity contribution is 7.07. The maximum absolute atomic E-state index is 3.52. The summed E-state index contributed by atoms with van der Waals surface area (Å²) >= 11 is 1.78. The summed E-state index contributed by atoms with van der Waals surface area (Å²) in [4.78, 5) is 0. The fraction of sp³-hybridized carbons (Fsp3) is 0.636. The van der Waals surface area contributed by atoms with Crippen LogP contribution in [-0.4, -0.2) is 12.6 Å². The highest BCUT2D eigenvalue weighted by Crippen LogP contribution is 2.17. The lowest BCUT2D eigenvalue weighted by Crippen LogP contribution is -2.28. The highest BCUT2D eigenvalue weighted by Gasteiger charge is 2.06. The fourth-order valence-electron chi connectivity index (χ4n) is 1.20. The van der Waals surface area contributed by atoms with Crippen LogP contribution >= 0.6 is 11.3 Å². The molecule has 2 atom stereocenters. The molecule has 0 fully saturated rings. The molecule has 0 saturated heterocycles. The Morgan fingerprint density at radius 2 is 2.23 bits per heavy atom. The van der Waals surface area contributed by atoms with E-state index in [1.54, 1.807) is 11.3 Å². The summed E-state index contributed by atoms with van der Waals surface area (Å²) in [6.45, 7) is 7.82. The molecule has 0 aliphatic rings. The van der Waals surface area contributed by atoms with Crippen LogP contribution in [0.25, 0.3) is 0 Å². The third-order valence-electron chi connectivity index (χ3n) is 2.50. The second-order valence-corrected chi connectivity index (χ2v) is 4.46. The van der Waals surface area contributed by atoms with Gasteiger partial charge < -0.3 is 5.32 Å². The van der Waals surface area contributed by atoms with Crippen molar-refractivity contribution < 1.29 is 0 Å². The first kappa shape index (κ1) is 10.7. The monoisotopic (exact) mass is 197 g/mol. The number of nitrogens with one attached hydrogen (secondary N) is 1. The third-order valence-corrected chi connectivity index (χ3v) is 3.20. The van der Waals surface area contributed by atoms with Crippen molar-refractivity contribution in [3.05, 3.63) is 22.4 Å². The van der Waals surface area contributed by atoms with Crippen molar-refractivity contribution in [3.63, 3.8) is 0 Å². The van der Waals surface area contributed by atoms with Crippen LogP contribution in [-0.2, 0) is 0 Å². The molecule has 0 aliphatic carbocycles. The van der Waals surface area contributed by atoms with Crippen molar-refractivity contribution in [1.82, 2.24) is 5.32 Å². The number of rotatable bonds is 5. The van der Waals surface area contributed by atoms with E-state index >= 15 is 0 Å². The molecule has 1 nitrogen and oxygen atoms in total. The first-order valence-electron chi connectivity index (χ1n) is 4.99. The minimum Gasteiger partial charge on any atom is -0.314 e. The van der Waals surface area contributed by atoms with Gasteiger partial charge in [0.2, 0.25) is 0 Å². The summed E-state index contributed by atoms with van der Waals surface area (Å²) in [6.07, 6.45) is 1.20. The maximum atomic E-state index is 3.52. The van der Waals surface area contributed by atoms with E-state index in [0.717, 1.165) is 6.54 Å². The summed E-state index contributed by atoms with van der Waals surface area (Å²) in [5.41, 5.74) is 1.46. The molecule has 0 aliphatic heterocycles. The molecule has 0 amide bonds. The van der Waals surface area contributed by atoms with Gasteiger partial charge in [-0.15, -0.1) is 0 Å². The zero-order valence-electron chi connectivity index (χ0n) is 8.71. The Bertz CT molecular complexity index is 218. The molecule has 74 valence electrons. The van der Waals surface area contributed by atoms with E-state index in [4.69, 9.17) is 0 Å². The van der Waals surface area contributed by atoms with Gasteiger partial charge in [-0.1, -0.05) is 13.8 Å². The topological polar surface area (TPSA) is 12.0 Å². The lowest BCUT2D eigenvalue weighted by atomic mass is 10.0. The Balaban J connectivity index is 2.30. The summed E-state index contributed by atoms with van der Waals surface area (Å²) in [5.74, 6) is 0.639. The molecule has 1 heterocycles. The predicted octanol–water partition coefficient (Wildman–Crippen LogP) is 3.24. The van der Waals surface area contributed by atoms with Crippen LogP contribution in [0.3, 0.4) is 0 Å². The number of hydrogen-bond donors (Lipinski definition) is 1. The van der Waals surface area contributed by atoms with Crippen molar-refractivity contribution in [3.8, 4) is 0 Å². The van der Waals surface area contributed by atoms with Crippen LogP contribution in [0.1, 0.15) is 38.7 Å². The molecule has 13 heavy (non-hydrogen) atoms. The lowest BCUT2D eigenvalue weighted by molar-refractivity contribution is 0.508. The molecule has 2 unspecified atom stereocenters. The van der Waals surface area contributed by atoms with E-state index in [1.165, 1.54) is 12.0 Å². The van der Waals surface area contributed by atoms with Gasteiger partial charge in [0, 0.05) is 12.6 Å². The Labute approximate surface area is 85.2 Å². The zero-order valence-corrected chi connectivity index (χ0v) is 9.53. The summed E-state index contributed by atoms with van der Waals surface area (Å²) in [6, 6.07) is 2.86. The first-order chi connectivity index (χ1) is 6.24. The molecule has 0 radical (unpaired) electrons. The molecule has 0 aromatic carbocycles. The van der Waals surface area contributed by atoms with Gasteiger partial charge in [0.1, 0.15) is 0 Å². The lowest BCUT2D eigenvalue weighted by Gasteiger charge is -2.15. The second-order valence-electron chi connectivity index (χ2n) is 3.68. The zero-order chi connectivity index (χ0) is 9.68. The second kappa shape index (κ2) is 5.40. The molecule has 0 bridgehead atoms. The largest absolute Gasteiger partial charge is 0.314 e. The van der Waals surface area contributed by atoms with Crippen LogP contribution in [0.5, 0.6) is 0 Å². The van der Waals surface area contributed by atoms with Gasteiger partial charge in [-0.05, 0) is 41.7 Å². The van der Waals surface area contributed by atoms with Crippen molar-refractivity contribution in [2.45, 2.75) is 39.2 Å². The van der Waals surface area contributed by atoms with Crippen molar-refractivity contribution in [2.75, 3.05) is 6.54 Å². The predicted molar refractivity (Wildman–Crippen MR) is 60.5 cm³/mol. The Morgan fingerprint density at radius 1 is 1.46 bits per heavy atom. The molecular formula is C11H19NS. The third kappa shape index (κ3) is 3.49. The Morgan fingerprint density at radius 3 is 2.77 bits per heavy atom. The maximum Gasteiger partial charge on any atom is 0.00363 e. The van der Waals surface area contributed by atoms with Crippen LogP contribution < -0.4 is 5.32 Å². The molecule has 1 N–H and O–H groups in total. The molecular weight excluding hydrogens is 178 g/mol. The van der Waals surface area contributed by atoms with Gasteiger partial charge in [-0.3, -0.25) is 0 Å². The smallest absolute Gasteiger partial charge is 0.00363 e. The van der Waals surface area contributed by atoms with E-state index in [-0.39, 0.29) is 0 Å². The van der Waals surface area contributed by atoms with Crippen LogP contribution in [0, 0.1) is 0 Å². The average Bonchev–Trinajstić information content (AvgIpc) is 2.66. The molecule has 0 spiro atoms. The van der Waals surface area contributed by atoms with Gasteiger partial charge in [0.25, 0.3) is 0 Å². The summed E-state index contributed by atoms with van der Waals surface area (Å²) < 4.78 is 0. The van der Waals surface area contributed by atoms with Crippen molar-refractivity contribution in [2.24, 2.45) is 0 Å². The van der Waals surface area contributed by atoms with E-state index in [1.807, 2.05) is 0 Å². The van der Waals surface area contributed by atoms with Crippen molar-refractivity contribution in [1.29, 1.82) is 0 Å². The van der Waals surface area contributed by atoms with Gasteiger partial charge in [0.15, 0.2) is 0 Å². The van der Waals surface area contributed by atoms with Crippen LogP contribution in [0.2, 0.25) is 0 Å². The summed E-state index contributed by atoms with van der Waals surface area (Å²) in [7, 11) is 0. The standard InChI is InChI=1S/C11H19NS/c1-4-10(3)12-7-9(2)11-5-6-13-8-11/h5-6,8-10,12H,4,7H2,1-3H3. The van der Waals surface area contributed by atoms with Gasteiger partial charge in [-0.25, -0.2) is 0 Å². The molecule has 1 aromatic heterocycles.